The van der Waals surface area contributed by atoms with Crippen molar-refractivity contribution in [3.8, 4) is 0 Å². The first kappa shape index (κ1) is 26.1. The standard InChI is InChI=1S/C28H26ClFN4O3S/c1-19-25(24-8-2-3-9-26(24)33(19)18-20-6-4-7-22(30)16-20)17-31-32-28(35)27-10-5-15-34(27)38(36,37)23-13-11-21(29)12-14-23/h2-4,6-9,11-14,16-17,27H,5,10,15,18H2,1H3,(H,32,35)/b31-17-/t27-/m1/s1. The number of aromatic nitrogens is 1. The maximum Gasteiger partial charge on any atom is 0.258 e. The zero-order valence-electron chi connectivity index (χ0n) is 20.6. The number of hydrazone groups is 1. The second kappa shape index (κ2) is 10.7. The minimum atomic E-state index is -3.86. The van der Waals surface area contributed by atoms with Crippen molar-refractivity contribution in [2.24, 2.45) is 5.10 Å². The Bertz CT molecular complexity index is 1630. The summed E-state index contributed by atoms with van der Waals surface area (Å²) in [6.07, 6.45) is 2.55. The Morgan fingerprint density at radius 1 is 1.13 bits per heavy atom. The number of halogens is 2. The monoisotopic (exact) mass is 552 g/mol. The van der Waals surface area contributed by atoms with Crippen LogP contribution in [0.5, 0.6) is 0 Å². The summed E-state index contributed by atoms with van der Waals surface area (Å²) in [5, 5.41) is 5.56. The zero-order valence-corrected chi connectivity index (χ0v) is 22.2. The molecule has 2 heterocycles. The van der Waals surface area contributed by atoms with E-state index < -0.39 is 22.0 Å². The molecule has 1 aromatic heterocycles. The third kappa shape index (κ3) is 5.09. The van der Waals surface area contributed by atoms with Crippen molar-refractivity contribution >= 4 is 44.6 Å². The number of hydrogen-bond acceptors (Lipinski definition) is 4. The molecule has 1 N–H and O–H groups in total. The van der Waals surface area contributed by atoms with Crippen LogP contribution in [0.3, 0.4) is 0 Å². The lowest BCUT2D eigenvalue weighted by molar-refractivity contribution is -0.124. The number of sulfonamides is 1. The molecule has 0 radical (unpaired) electrons. The Balaban J connectivity index is 1.36. The summed E-state index contributed by atoms with van der Waals surface area (Å²) < 4.78 is 43.4. The van der Waals surface area contributed by atoms with Gasteiger partial charge in [-0.3, -0.25) is 4.79 Å². The number of fused-ring (bicyclic) bond motifs is 1. The normalized spacial score (nSPS) is 16.4. The summed E-state index contributed by atoms with van der Waals surface area (Å²) in [4.78, 5) is 13.1. The Labute approximate surface area is 225 Å². The third-order valence-corrected chi connectivity index (χ3v) is 8.98. The molecule has 1 atom stereocenters. The van der Waals surface area contributed by atoms with E-state index in [0.717, 1.165) is 27.7 Å². The van der Waals surface area contributed by atoms with Gasteiger partial charge in [0.05, 0.1) is 11.1 Å². The quantitative estimate of drug-likeness (QED) is 0.256. The zero-order chi connectivity index (χ0) is 26.9. The van der Waals surface area contributed by atoms with Crippen molar-refractivity contribution in [1.82, 2.24) is 14.3 Å². The van der Waals surface area contributed by atoms with Crippen LogP contribution in [-0.4, -0.2) is 42.0 Å². The number of carbonyl (C=O) groups excluding carboxylic acids is 1. The third-order valence-electron chi connectivity index (χ3n) is 6.80. The van der Waals surface area contributed by atoms with Crippen LogP contribution >= 0.6 is 11.6 Å². The first-order valence-corrected chi connectivity index (χ1v) is 14.0. The Hall–Kier alpha value is -3.53. The number of para-hydroxylation sites is 1. The fraction of sp³-hybridized carbons (Fsp3) is 0.214. The molecule has 1 aliphatic heterocycles. The van der Waals surface area contributed by atoms with E-state index in [1.807, 2.05) is 37.3 Å². The van der Waals surface area contributed by atoms with Crippen molar-refractivity contribution in [3.63, 3.8) is 0 Å². The predicted molar refractivity (Wildman–Crippen MR) is 146 cm³/mol. The minimum Gasteiger partial charge on any atom is -0.340 e. The molecule has 0 saturated carbocycles. The summed E-state index contributed by atoms with van der Waals surface area (Å²) in [7, 11) is -3.86. The summed E-state index contributed by atoms with van der Waals surface area (Å²) in [5.74, 6) is -0.780. The van der Waals surface area contributed by atoms with Crippen LogP contribution in [0, 0.1) is 12.7 Å². The lowest BCUT2D eigenvalue weighted by Gasteiger charge is -2.22. The van der Waals surface area contributed by atoms with Gasteiger partial charge in [-0.05, 0) is 67.8 Å². The molecule has 0 spiro atoms. The van der Waals surface area contributed by atoms with Gasteiger partial charge in [0.15, 0.2) is 0 Å². The number of carbonyl (C=O) groups is 1. The molecule has 0 unspecified atom stereocenters. The van der Waals surface area contributed by atoms with Gasteiger partial charge in [-0.2, -0.15) is 9.41 Å². The van der Waals surface area contributed by atoms with Crippen LogP contribution in [0.4, 0.5) is 4.39 Å². The van der Waals surface area contributed by atoms with Crippen LogP contribution in [0.15, 0.2) is 82.8 Å². The van der Waals surface area contributed by atoms with Gasteiger partial charge in [-0.15, -0.1) is 0 Å². The lowest BCUT2D eigenvalue weighted by Crippen LogP contribution is -2.44. The van der Waals surface area contributed by atoms with Gasteiger partial charge >= 0.3 is 0 Å². The first-order chi connectivity index (χ1) is 18.3. The van der Waals surface area contributed by atoms with E-state index in [2.05, 4.69) is 15.1 Å². The number of amides is 1. The highest BCUT2D eigenvalue weighted by atomic mass is 35.5. The fourth-order valence-electron chi connectivity index (χ4n) is 4.91. The van der Waals surface area contributed by atoms with E-state index in [9.17, 15) is 17.6 Å². The molecule has 1 fully saturated rings. The van der Waals surface area contributed by atoms with Crippen molar-refractivity contribution in [2.75, 3.05) is 6.54 Å². The SMILES string of the molecule is Cc1c(/C=N\NC(=O)[C@H]2CCCN2S(=O)(=O)c2ccc(Cl)cc2)c2ccccc2n1Cc1cccc(F)c1. The lowest BCUT2D eigenvalue weighted by atomic mass is 10.1. The first-order valence-electron chi connectivity index (χ1n) is 12.2. The number of benzene rings is 3. The smallest absolute Gasteiger partial charge is 0.258 e. The highest BCUT2D eigenvalue weighted by molar-refractivity contribution is 7.89. The highest BCUT2D eigenvalue weighted by Crippen LogP contribution is 2.28. The van der Waals surface area contributed by atoms with E-state index in [1.165, 1.54) is 40.7 Å². The van der Waals surface area contributed by atoms with Crippen molar-refractivity contribution in [2.45, 2.75) is 37.2 Å². The van der Waals surface area contributed by atoms with Gasteiger partial charge in [-0.1, -0.05) is 41.9 Å². The number of rotatable bonds is 7. The van der Waals surface area contributed by atoms with Crippen LogP contribution < -0.4 is 5.43 Å². The summed E-state index contributed by atoms with van der Waals surface area (Å²) in [6, 6.07) is 19.3. The van der Waals surface area contributed by atoms with Gasteiger partial charge in [0.2, 0.25) is 10.0 Å². The molecule has 7 nitrogen and oxygen atoms in total. The molecule has 3 aromatic carbocycles. The maximum absolute atomic E-state index is 13.8. The molecule has 0 bridgehead atoms. The van der Waals surface area contributed by atoms with Crippen molar-refractivity contribution < 1.29 is 17.6 Å². The topological polar surface area (TPSA) is 83.8 Å². The summed E-state index contributed by atoms with van der Waals surface area (Å²) >= 11 is 5.90. The molecular weight excluding hydrogens is 527 g/mol. The number of nitrogens with zero attached hydrogens (tertiary/aromatic N) is 3. The average Bonchev–Trinajstić information content (AvgIpc) is 3.50. The molecule has 5 rings (SSSR count). The van der Waals surface area contributed by atoms with E-state index in [1.54, 1.807) is 12.3 Å². The van der Waals surface area contributed by atoms with Gasteiger partial charge in [0.1, 0.15) is 11.9 Å². The molecule has 1 saturated heterocycles. The van der Waals surface area contributed by atoms with E-state index in [0.29, 0.717) is 24.4 Å². The molecule has 196 valence electrons. The van der Waals surface area contributed by atoms with E-state index >= 15 is 0 Å². The van der Waals surface area contributed by atoms with E-state index in [4.69, 9.17) is 11.6 Å². The summed E-state index contributed by atoms with van der Waals surface area (Å²) in [6.45, 7) is 2.67. The Morgan fingerprint density at radius 2 is 1.89 bits per heavy atom. The Kier molecular flexibility index (Phi) is 7.34. The predicted octanol–water partition coefficient (Wildman–Crippen LogP) is 5.09. The Morgan fingerprint density at radius 3 is 2.66 bits per heavy atom. The molecular formula is C28H26ClFN4O3S. The van der Waals surface area contributed by atoms with Gasteiger partial charge < -0.3 is 4.57 Å². The molecule has 10 heteroatoms. The van der Waals surface area contributed by atoms with Crippen LogP contribution in [0.2, 0.25) is 5.02 Å². The minimum absolute atomic E-state index is 0.0897. The molecule has 38 heavy (non-hydrogen) atoms. The van der Waals surface area contributed by atoms with Gasteiger partial charge in [-0.25, -0.2) is 18.2 Å². The van der Waals surface area contributed by atoms with Gasteiger partial charge in [0, 0.05) is 40.3 Å². The molecule has 0 aliphatic carbocycles. The maximum atomic E-state index is 13.8. The number of nitrogens with one attached hydrogen (secondary N) is 1. The number of hydrogen-bond donors (Lipinski definition) is 1. The largest absolute Gasteiger partial charge is 0.340 e. The second-order valence-electron chi connectivity index (χ2n) is 9.19. The van der Waals surface area contributed by atoms with Crippen molar-refractivity contribution in [3.05, 3.63) is 100 Å². The highest BCUT2D eigenvalue weighted by Gasteiger charge is 2.39. The van der Waals surface area contributed by atoms with Crippen LogP contribution in [-0.2, 0) is 21.4 Å². The summed E-state index contributed by atoms with van der Waals surface area (Å²) in [5.41, 5.74) is 6.04. The second-order valence-corrected chi connectivity index (χ2v) is 11.5. The molecule has 1 amide bonds. The van der Waals surface area contributed by atoms with Crippen molar-refractivity contribution in [1.29, 1.82) is 0 Å². The van der Waals surface area contributed by atoms with Crippen LogP contribution in [0.1, 0.15) is 29.7 Å². The molecule has 4 aromatic rings. The van der Waals surface area contributed by atoms with Crippen LogP contribution in [0.25, 0.3) is 10.9 Å². The fourth-order valence-corrected chi connectivity index (χ4v) is 6.69. The van der Waals surface area contributed by atoms with Gasteiger partial charge in [0.25, 0.3) is 5.91 Å². The average molecular weight is 553 g/mol. The molecule has 1 aliphatic rings. The van der Waals surface area contributed by atoms with E-state index in [-0.39, 0.29) is 17.3 Å².